The number of nitrogens with zero attached hydrogens (tertiary/aromatic N) is 2. The normalized spacial score (nSPS) is 33.9. The lowest BCUT2D eigenvalue weighted by Gasteiger charge is -2.16. The first-order valence-electron chi connectivity index (χ1n) is 5.61. The van der Waals surface area contributed by atoms with Gasteiger partial charge in [-0.15, -0.1) is 0 Å². The van der Waals surface area contributed by atoms with Crippen molar-refractivity contribution in [3.8, 4) is 0 Å². The van der Waals surface area contributed by atoms with Gasteiger partial charge in [0.05, 0.1) is 17.9 Å². The van der Waals surface area contributed by atoms with Crippen molar-refractivity contribution in [2.45, 2.75) is 44.3 Å². The van der Waals surface area contributed by atoms with Crippen molar-refractivity contribution in [2.24, 2.45) is 7.05 Å². The molecular weight excluding hydrogens is 190 g/mol. The fourth-order valence-electron chi connectivity index (χ4n) is 2.94. The molecule has 82 valence electrons. The van der Waals surface area contributed by atoms with Crippen LogP contribution in [0.3, 0.4) is 0 Å². The van der Waals surface area contributed by atoms with Crippen LogP contribution in [-0.2, 0) is 11.8 Å². The number of nitrogens with two attached hydrogens (primary N) is 1. The monoisotopic (exact) mass is 207 g/mol. The van der Waals surface area contributed by atoms with Crippen molar-refractivity contribution < 1.29 is 4.74 Å². The molecular formula is C11H17N3O. The van der Waals surface area contributed by atoms with E-state index in [-0.39, 0.29) is 0 Å². The Bertz CT molecular complexity index is 399. The van der Waals surface area contributed by atoms with E-state index in [0.717, 1.165) is 23.5 Å². The Balaban J connectivity index is 1.96. The highest BCUT2D eigenvalue weighted by Gasteiger charge is 2.43. The molecule has 0 radical (unpaired) electrons. The van der Waals surface area contributed by atoms with Gasteiger partial charge in [-0.2, -0.15) is 5.10 Å². The van der Waals surface area contributed by atoms with Crippen molar-refractivity contribution >= 4 is 5.82 Å². The first kappa shape index (κ1) is 9.21. The maximum atomic E-state index is 5.93. The van der Waals surface area contributed by atoms with Gasteiger partial charge in [-0.05, 0) is 26.2 Å². The topological polar surface area (TPSA) is 53.1 Å². The maximum absolute atomic E-state index is 5.93. The SMILES string of the molecule is Cc1c([C@@H]2C[C@H]3CC[C@@H]2O3)nn(C)c1N. The molecule has 1 aromatic rings. The second-order valence-corrected chi connectivity index (χ2v) is 4.74. The third-order valence-electron chi connectivity index (χ3n) is 3.83. The average Bonchev–Trinajstić information content (AvgIpc) is 2.89. The summed E-state index contributed by atoms with van der Waals surface area (Å²) in [5, 5.41) is 4.52. The Labute approximate surface area is 89.4 Å². The fourth-order valence-corrected chi connectivity index (χ4v) is 2.94. The molecule has 3 heterocycles. The Hall–Kier alpha value is -1.03. The lowest BCUT2D eigenvalue weighted by molar-refractivity contribution is 0.100. The van der Waals surface area contributed by atoms with E-state index in [2.05, 4.69) is 12.0 Å². The first-order valence-corrected chi connectivity index (χ1v) is 5.61. The van der Waals surface area contributed by atoms with Gasteiger partial charge >= 0.3 is 0 Å². The predicted molar refractivity (Wildman–Crippen MR) is 57.6 cm³/mol. The van der Waals surface area contributed by atoms with E-state index in [1.807, 2.05) is 7.05 Å². The molecule has 3 rings (SSSR count). The summed E-state index contributed by atoms with van der Waals surface area (Å²) in [6, 6.07) is 0. The number of aromatic nitrogens is 2. The molecule has 2 aliphatic rings. The van der Waals surface area contributed by atoms with E-state index in [4.69, 9.17) is 10.5 Å². The number of anilines is 1. The molecule has 0 spiro atoms. The Kier molecular flexibility index (Phi) is 1.83. The van der Waals surface area contributed by atoms with E-state index in [1.54, 1.807) is 4.68 Å². The average molecular weight is 207 g/mol. The molecule has 2 saturated heterocycles. The highest BCUT2D eigenvalue weighted by atomic mass is 16.5. The maximum Gasteiger partial charge on any atom is 0.124 e. The zero-order chi connectivity index (χ0) is 10.6. The molecule has 2 fully saturated rings. The Morgan fingerprint density at radius 2 is 2.27 bits per heavy atom. The summed E-state index contributed by atoms with van der Waals surface area (Å²) in [5.41, 5.74) is 8.22. The van der Waals surface area contributed by atoms with Gasteiger partial charge in [-0.3, -0.25) is 4.68 Å². The number of rotatable bonds is 1. The summed E-state index contributed by atoms with van der Waals surface area (Å²) >= 11 is 0. The summed E-state index contributed by atoms with van der Waals surface area (Å²) < 4.78 is 7.63. The van der Waals surface area contributed by atoms with E-state index in [9.17, 15) is 0 Å². The predicted octanol–water partition coefficient (Wildman–Crippen LogP) is 1.35. The van der Waals surface area contributed by atoms with E-state index >= 15 is 0 Å². The van der Waals surface area contributed by atoms with Crippen molar-refractivity contribution in [3.63, 3.8) is 0 Å². The number of nitrogen functional groups attached to an aromatic ring is 1. The molecule has 2 bridgehead atoms. The molecule has 3 atom stereocenters. The van der Waals surface area contributed by atoms with Gasteiger partial charge in [-0.25, -0.2) is 0 Å². The minimum atomic E-state index is 0.392. The second kappa shape index (κ2) is 2.98. The Morgan fingerprint density at radius 1 is 1.47 bits per heavy atom. The molecule has 15 heavy (non-hydrogen) atoms. The van der Waals surface area contributed by atoms with E-state index < -0.39 is 0 Å². The molecule has 0 aromatic carbocycles. The van der Waals surface area contributed by atoms with Crippen molar-refractivity contribution in [1.82, 2.24) is 9.78 Å². The number of aryl methyl sites for hydroxylation is 1. The van der Waals surface area contributed by atoms with Gasteiger partial charge < -0.3 is 10.5 Å². The molecule has 4 heteroatoms. The molecule has 1 aromatic heterocycles. The van der Waals surface area contributed by atoms with Crippen LogP contribution in [-0.4, -0.2) is 22.0 Å². The summed E-state index contributed by atoms with van der Waals surface area (Å²) in [7, 11) is 1.90. The zero-order valence-electron chi connectivity index (χ0n) is 9.23. The van der Waals surface area contributed by atoms with Crippen LogP contribution in [0.25, 0.3) is 0 Å². The summed E-state index contributed by atoms with van der Waals surface area (Å²) in [6.07, 6.45) is 4.40. The first-order chi connectivity index (χ1) is 7.16. The Morgan fingerprint density at radius 3 is 2.73 bits per heavy atom. The summed E-state index contributed by atoms with van der Waals surface area (Å²) in [6.45, 7) is 2.06. The lowest BCUT2D eigenvalue weighted by atomic mass is 9.85. The molecule has 0 saturated carbocycles. The van der Waals surface area contributed by atoms with Gasteiger partial charge in [-0.1, -0.05) is 0 Å². The number of fused-ring (bicyclic) bond motifs is 2. The molecule has 0 aliphatic carbocycles. The number of ether oxygens (including phenoxy) is 1. The van der Waals surface area contributed by atoms with E-state index in [0.29, 0.717) is 18.1 Å². The molecule has 0 amide bonds. The number of hydrogen-bond donors (Lipinski definition) is 1. The van der Waals surface area contributed by atoms with Crippen LogP contribution in [0.4, 0.5) is 5.82 Å². The van der Waals surface area contributed by atoms with Gasteiger partial charge in [0.2, 0.25) is 0 Å². The lowest BCUT2D eigenvalue weighted by Crippen LogP contribution is -2.15. The largest absolute Gasteiger partial charge is 0.384 e. The van der Waals surface area contributed by atoms with Crippen LogP contribution in [0.2, 0.25) is 0 Å². The molecule has 4 nitrogen and oxygen atoms in total. The zero-order valence-corrected chi connectivity index (χ0v) is 9.23. The van der Waals surface area contributed by atoms with E-state index in [1.165, 1.54) is 12.8 Å². The van der Waals surface area contributed by atoms with Crippen LogP contribution in [0.15, 0.2) is 0 Å². The van der Waals surface area contributed by atoms with Gasteiger partial charge in [0, 0.05) is 18.5 Å². The van der Waals surface area contributed by atoms with Crippen molar-refractivity contribution in [3.05, 3.63) is 11.3 Å². The highest BCUT2D eigenvalue weighted by Crippen LogP contribution is 2.45. The van der Waals surface area contributed by atoms with Crippen LogP contribution >= 0.6 is 0 Å². The third kappa shape index (κ3) is 1.21. The minimum absolute atomic E-state index is 0.392. The third-order valence-corrected chi connectivity index (χ3v) is 3.83. The van der Waals surface area contributed by atoms with Crippen LogP contribution < -0.4 is 5.73 Å². The second-order valence-electron chi connectivity index (χ2n) is 4.74. The minimum Gasteiger partial charge on any atom is -0.384 e. The molecule has 2 N–H and O–H groups in total. The van der Waals surface area contributed by atoms with Crippen molar-refractivity contribution in [1.29, 1.82) is 0 Å². The number of hydrogen-bond acceptors (Lipinski definition) is 3. The fraction of sp³-hybridized carbons (Fsp3) is 0.727. The van der Waals surface area contributed by atoms with Gasteiger partial charge in [0.1, 0.15) is 5.82 Å². The highest BCUT2D eigenvalue weighted by molar-refractivity contribution is 5.44. The van der Waals surface area contributed by atoms with Gasteiger partial charge in [0.25, 0.3) is 0 Å². The van der Waals surface area contributed by atoms with Crippen LogP contribution in [0.5, 0.6) is 0 Å². The van der Waals surface area contributed by atoms with Crippen LogP contribution in [0, 0.1) is 6.92 Å². The van der Waals surface area contributed by atoms with Crippen LogP contribution in [0.1, 0.15) is 36.4 Å². The summed E-state index contributed by atoms with van der Waals surface area (Å²) in [4.78, 5) is 0. The smallest absolute Gasteiger partial charge is 0.124 e. The standard InChI is InChI=1S/C11H17N3O/c1-6-10(13-14(2)11(6)12)8-5-7-3-4-9(8)15-7/h7-9H,3-5,12H2,1-2H3/t7-,8-,9+/m1/s1. The quantitative estimate of drug-likeness (QED) is 0.756. The molecule has 2 aliphatic heterocycles. The summed E-state index contributed by atoms with van der Waals surface area (Å²) in [5.74, 6) is 1.26. The molecule has 0 unspecified atom stereocenters. The van der Waals surface area contributed by atoms with Crippen molar-refractivity contribution in [2.75, 3.05) is 5.73 Å². The van der Waals surface area contributed by atoms with Gasteiger partial charge in [0.15, 0.2) is 0 Å².